The van der Waals surface area contributed by atoms with E-state index < -0.39 is 0 Å². The molecule has 0 fully saturated rings. The van der Waals surface area contributed by atoms with Crippen LogP contribution in [0.15, 0.2) is 47.5 Å². The highest BCUT2D eigenvalue weighted by Gasteiger charge is 2.08. The van der Waals surface area contributed by atoms with E-state index >= 15 is 0 Å². The summed E-state index contributed by atoms with van der Waals surface area (Å²) in [5, 5.41) is 12.2. The van der Waals surface area contributed by atoms with Crippen LogP contribution in [-0.4, -0.2) is 14.4 Å². The second-order valence-electron chi connectivity index (χ2n) is 3.85. The Morgan fingerprint density at radius 3 is 3.00 bits per heavy atom. The number of hydrogen-bond donors (Lipinski definition) is 1. The Morgan fingerprint density at radius 2 is 2.16 bits per heavy atom. The van der Waals surface area contributed by atoms with Gasteiger partial charge < -0.3 is 9.72 Å². The van der Waals surface area contributed by atoms with Crippen LogP contribution in [0.3, 0.4) is 0 Å². The van der Waals surface area contributed by atoms with E-state index in [1.54, 1.807) is 12.3 Å². The summed E-state index contributed by atoms with van der Waals surface area (Å²) in [6, 6.07) is 9.42. The summed E-state index contributed by atoms with van der Waals surface area (Å²) in [6.45, 7) is 0. The summed E-state index contributed by atoms with van der Waals surface area (Å²) in [5.41, 5.74) is 1.98. The lowest BCUT2D eigenvalue weighted by Crippen LogP contribution is -2.00. The van der Waals surface area contributed by atoms with Crippen molar-refractivity contribution in [3.8, 4) is 6.07 Å². The van der Waals surface area contributed by atoms with Crippen molar-refractivity contribution in [1.29, 1.82) is 5.26 Å². The number of nitrogens with zero attached hydrogens (tertiary/aromatic N) is 4. The molecule has 3 aromatic rings. The van der Waals surface area contributed by atoms with E-state index in [1.807, 2.05) is 35.0 Å². The van der Waals surface area contributed by atoms with Crippen molar-refractivity contribution in [3.05, 3.63) is 53.0 Å². The fraction of sp³-hybridized carbons (Fsp3) is 0. The summed E-state index contributed by atoms with van der Waals surface area (Å²) < 4.78 is 2.55. The van der Waals surface area contributed by atoms with Crippen LogP contribution >= 0.6 is 15.9 Å². The van der Waals surface area contributed by atoms with Crippen LogP contribution in [0, 0.1) is 11.3 Å². The fourth-order valence-electron chi connectivity index (χ4n) is 1.80. The quantitative estimate of drug-likeness (QED) is 0.789. The average Bonchev–Trinajstić information content (AvgIpc) is 2.87. The van der Waals surface area contributed by atoms with Crippen molar-refractivity contribution < 1.29 is 0 Å². The van der Waals surface area contributed by atoms with Gasteiger partial charge in [-0.3, -0.25) is 0 Å². The predicted molar refractivity (Wildman–Crippen MR) is 75.1 cm³/mol. The van der Waals surface area contributed by atoms with Gasteiger partial charge in [-0.2, -0.15) is 5.26 Å². The lowest BCUT2D eigenvalue weighted by molar-refractivity contribution is 1.10. The molecule has 0 unspecified atom stereocenters. The summed E-state index contributed by atoms with van der Waals surface area (Å²) in [5.74, 6) is 0.599. The third kappa shape index (κ3) is 2.16. The number of anilines is 2. The molecule has 2 aromatic heterocycles. The Balaban J connectivity index is 2.11. The van der Waals surface area contributed by atoms with Crippen LogP contribution in [0.1, 0.15) is 5.56 Å². The molecular weight excluding hydrogens is 306 g/mol. The molecular formula is C13H8BrN5. The van der Waals surface area contributed by atoms with Gasteiger partial charge in [0.25, 0.3) is 0 Å². The number of aromatic nitrogens is 3. The second-order valence-corrected chi connectivity index (χ2v) is 4.67. The van der Waals surface area contributed by atoms with E-state index in [9.17, 15) is 0 Å². The van der Waals surface area contributed by atoms with Crippen LogP contribution in [0.2, 0.25) is 0 Å². The second kappa shape index (κ2) is 4.71. The van der Waals surface area contributed by atoms with Crippen LogP contribution < -0.4 is 5.32 Å². The SMILES string of the molecule is N#Cc1ccccc1Nc1nc(Br)cn2ccnc12. The number of hydrogen-bond acceptors (Lipinski definition) is 4. The Hall–Kier alpha value is -2.39. The Labute approximate surface area is 117 Å². The van der Waals surface area contributed by atoms with Crippen molar-refractivity contribution in [2.45, 2.75) is 0 Å². The van der Waals surface area contributed by atoms with E-state index in [0.717, 1.165) is 0 Å². The van der Waals surface area contributed by atoms with Crippen molar-refractivity contribution >= 4 is 33.1 Å². The number of rotatable bonds is 2. The zero-order valence-corrected chi connectivity index (χ0v) is 11.3. The van der Waals surface area contributed by atoms with E-state index in [4.69, 9.17) is 5.26 Å². The smallest absolute Gasteiger partial charge is 0.180 e. The van der Waals surface area contributed by atoms with Gasteiger partial charge in [0.1, 0.15) is 10.7 Å². The van der Waals surface area contributed by atoms with Crippen LogP contribution in [-0.2, 0) is 0 Å². The molecule has 6 heteroatoms. The van der Waals surface area contributed by atoms with Gasteiger partial charge in [0.2, 0.25) is 0 Å². The topological polar surface area (TPSA) is 66.0 Å². The normalized spacial score (nSPS) is 10.3. The maximum absolute atomic E-state index is 9.08. The number of imidazole rings is 1. The molecule has 0 aliphatic carbocycles. The molecule has 92 valence electrons. The first-order valence-corrected chi connectivity index (χ1v) is 6.32. The van der Waals surface area contributed by atoms with Gasteiger partial charge >= 0.3 is 0 Å². The van der Waals surface area contributed by atoms with Crippen molar-refractivity contribution in [3.63, 3.8) is 0 Å². The molecule has 19 heavy (non-hydrogen) atoms. The molecule has 0 bridgehead atoms. The molecule has 1 aromatic carbocycles. The molecule has 3 rings (SSSR count). The molecule has 0 amide bonds. The van der Waals surface area contributed by atoms with Crippen molar-refractivity contribution in [2.75, 3.05) is 5.32 Å². The summed E-state index contributed by atoms with van der Waals surface area (Å²) in [4.78, 5) is 8.60. The van der Waals surface area contributed by atoms with E-state index in [2.05, 4.69) is 37.3 Å². The lowest BCUT2D eigenvalue weighted by atomic mass is 10.2. The molecule has 0 spiro atoms. The summed E-state index contributed by atoms with van der Waals surface area (Å²) >= 11 is 3.35. The number of nitriles is 1. The number of benzene rings is 1. The Bertz CT molecular complexity index is 787. The molecule has 0 aliphatic heterocycles. The number of para-hydroxylation sites is 1. The average molecular weight is 314 g/mol. The molecule has 0 radical (unpaired) electrons. The maximum Gasteiger partial charge on any atom is 0.180 e. The van der Waals surface area contributed by atoms with Gasteiger partial charge in [0, 0.05) is 18.6 Å². The van der Waals surface area contributed by atoms with Crippen LogP contribution in [0.25, 0.3) is 5.65 Å². The zero-order valence-electron chi connectivity index (χ0n) is 9.71. The minimum atomic E-state index is 0.564. The standard InChI is InChI=1S/C13H8BrN5/c14-11-8-19-6-5-16-13(19)12(18-11)17-10-4-2-1-3-9(10)7-15/h1-6,8H,(H,17,18). The van der Waals surface area contributed by atoms with Gasteiger partial charge in [-0.25, -0.2) is 9.97 Å². The third-order valence-electron chi connectivity index (χ3n) is 2.65. The molecule has 2 heterocycles. The summed E-state index contributed by atoms with van der Waals surface area (Å²) in [7, 11) is 0. The highest BCUT2D eigenvalue weighted by molar-refractivity contribution is 9.10. The predicted octanol–water partition coefficient (Wildman–Crippen LogP) is 3.11. The van der Waals surface area contributed by atoms with E-state index in [1.165, 1.54) is 0 Å². The monoisotopic (exact) mass is 313 g/mol. The molecule has 1 N–H and O–H groups in total. The van der Waals surface area contributed by atoms with Crippen LogP contribution in [0.5, 0.6) is 0 Å². The van der Waals surface area contributed by atoms with Gasteiger partial charge in [-0.15, -0.1) is 0 Å². The van der Waals surface area contributed by atoms with E-state index in [-0.39, 0.29) is 0 Å². The number of nitrogens with one attached hydrogen (secondary N) is 1. The molecule has 0 saturated heterocycles. The van der Waals surface area contributed by atoms with Gasteiger partial charge in [0.05, 0.1) is 11.3 Å². The van der Waals surface area contributed by atoms with Gasteiger partial charge in [0.15, 0.2) is 11.5 Å². The Morgan fingerprint density at radius 1 is 1.32 bits per heavy atom. The highest BCUT2D eigenvalue weighted by atomic mass is 79.9. The molecule has 0 aliphatic rings. The molecule has 5 nitrogen and oxygen atoms in total. The largest absolute Gasteiger partial charge is 0.336 e. The number of fused-ring (bicyclic) bond motifs is 1. The van der Waals surface area contributed by atoms with Crippen molar-refractivity contribution in [1.82, 2.24) is 14.4 Å². The minimum absolute atomic E-state index is 0.564. The molecule has 0 saturated carbocycles. The van der Waals surface area contributed by atoms with Crippen molar-refractivity contribution in [2.24, 2.45) is 0 Å². The zero-order chi connectivity index (χ0) is 13.2. The summed E-state index contributed by atoms with van der Waals surface area (Å²) in [6.07, 6.45) is 5.36. The van der Waals surface area contributed by atoms with Crippen LogP contribution in [0.4, 0.5) is 11.5 Å². The fourth-order valence-corrected chi connectivity index (χ4v) is 2.20. The third-order valence-corrected chi connectivity index (χ3v) is 3.03. The van der Waals surface area contributed by atoms with Gasteiger partial charge in [-0.05, 0) is 28.1 Å². The lowest BCUT2D eigenvalue weighted by Gasteiger charge is -2.08. The Kier molecular flexibility index (Phi) is 2.89. The maximum atomic E-state index is 9.08. The first kappa shape index (κ1) is 11.7. The van der Waals surface area contributed by atoms with E-state index in [0.29, 0.717) is 27.3 Å². The number of halogens is 1. The first-order chi connectivity index (χ1) is 9.28. The van der Waals surface area contributed by atoms with Gasteiger partial charge in [-0.1, -0.05) is 12.1 Å². The minimum Gasteiger partial charge on any atom is -0.336 e. The molecule has 0 atom stereocenters. The first-order valence-electron chi connectivity index (χ1n) is 5.53. The highest BCUT2D eigenvalue weighted by Crippen LogP contribution is 2.23.